The van der Waals surface area contributed by atoms with Gasteiger partial charge in [-0.2, -0.15) is 0 Å². The van der Waals surface area contributed by atoms with Crippen molar-refractivity contribution in [3.05, 3.63) is 35.6 Å². The van der Waals surface area contributed by atoms with Crippen LogP contribution in [0.25, 0.3) is 0 Å². The van der Waals surface area contributed by atoms with E-state index in [9.17, 15) is 4.39 Å². The summed E-state index contributed by atoms with van der Waals surface area (Å²) in [4.78, 5) is 6.35. The molecule has 2 N–H and O–H groups in total. The molecule has 0 radical (unpaired) electrons. The number of hydrogen-bond acceptors (Lipinski definition) is 2. The molecule has 0 spiro atoms. The lowest BCUT2D eigenvalue weighted by molar-refractivity contribution is 0.357. The van der Waals surface area contributed by atoms with E-state index >= 15 is 0 Å². The number of nitrogens with zero attached hydrogens (tertiary/aromatic N) is 2. The van der Waals surface area contributed by atoms with Crippen molar-refractivity contribution in [3.8, 4) is 0 Å². The summed E-state index contributed by atoms with van der Waals surface area (Å²) in [5, 5.41) is 6.38. The molecule has 0 atom stereocenters. The van der Waals surface area contributed by atoms with E-state index in [-0.39, 0.29) is 5.82 Å². The van der Waals surface area contributed by atoms with Gasteiger partial charge in [0.05, 0.1) is 0 Å². The highest BCUT2D eigenvalue weighted by Gasteiger charge is 2.00. The first-order chi connectivity index (χ1) is 9.15. The summed E-state index contributed by atoms with van der Waals surface area (Å²) in [6, 6.07) is 6.55. The minimum atomic E-state index is -0.216. The van der Waals surface area contributed by atoms with Gasteiger partial charge in [-0.05, 0) is 31.3 Å². The van der Waals surface area contributed by atoms with Crippen molar-refractivity contribution in [1.29, 1.82) is 0 Å². The van der Waals surface area contributed by atoms with Gasteiger partial charge in [-0.1, -0.05) is 19.1 Å². The minimum absolute atomic E-state index is 0.216. The fraction of sp³-hybridized carbons (Fsp3) is 0.500. The lowest BCUT2D eigenvalue weighted by Gasteiger charge is -2.16. The maximum Gasteiger partial charge on any atom is 0.191 e. The molecule has 4 nitrogen and oxygen atoms in total. The van der Waals surface area contributed by atoms with Crippen molar-refractivity contribution < 1.29 is 4.39 Å². The number of likely N-dealkylation sites (N-methyl/N-ethyl adjacent to an activating group) is 1. The molecule has 0 heterocycles. The van der Waals surface area contributed by atoms with E-state index in [1.54, 1.807) is 13.1 Å². The summed E-state index contributed by atoms with van der Waals surface area (Å²) in [5.74, 6) is 0.514. The summed E-state index contributed by atoms with van der Waals surface area (Å²) >= 11 is 0. The molecule has 5 heteroatoms. The van der Waals surface area contributed by atoms with E-state index in [4.69, 9.17) is 0 Å². The molecular formula is C14H23FN4. The number of benzene rings is 1. The molecular weight excluding hydrogens is 243 g/mol. The third-order valence-electron chi connectivity index (χ3n) is 2.90. The molecule has 19 heavy (non-hydrogen) atoms. The number of hydrogen-bond donors (Lipinski definition) is 2. The van der Waals surface area contributed by atoms with Crippen molar-refractivity contribution in [2.75, 3.05) is 33.7 Å². The number of aliphatic imine (C=N–C) groups is 1. The predicted octanol–water partition coefficient (Wildman–Crippen LogP) is 1.44. The zero-order valence-electron chi connectivity index (χ0n) is 11.9. The SMILES string of the molecule is CCN(C)CCNC(=NC)NCc1cccc(F)c1. The molecule has 106 valence electrons. The maximum atomic E-state index is 13.0. The van der Waals surface area contributed by atoms with Gasteiger partial charge in [0.1, 0.15) is 5.82 Å². The molecule has 0 aliphatic rings. The predicted molar refractivity (Wildman–Crippen MR) is 77.8 cm³/mol. The van der Waals surface area contributed by atoms with E-state index in [2.05, 4.69) is 34.5 Å². The summed E-state index contributed by atoms with van der Waals surface area (Å²) in [6.45, 7) is 5.49. The molecule has 0 aliphatic carbocycles. The van der Waals surface area contributed by atoms with E-state index in [0.717, 1.165) is 31.2 Å². The molecule has 0 amide bonds. The van der Waals surface area contributed by atoms with Crippen molar-refractivity contribution in [3.63, 3.8) is 0 Å². The van der Waals surface area contributed by atoms with Crippen LogP contribution in [0.3, 0.4) is 0 Å². The van der Waals surface area contributed by atoms with Gasteiger partial charge in [-0.25, -0.2) is 4.39 Å². The third kappa shape index (κ3) is 6.20. The molecule has 1 aromatic rings. The molecule has 0 fully saturated rings. The smallest absolute Gasteiger partial charge is 0.191 e. The van der Waals surface area contributed by atoms with E-state index < -0.39 is 0 Å². The minimum Gasteiger partial charge on any atom is -0.355 e. The second kappa shape index (κ2) is 8.48. The Morgan fingerprint density at radius 3 is 2.79 bits per heavy atom. The highest BCUT2D eigenvalue weighted by Crippen LogP contribution is 2.02. The van der Waals surface area contributed by atoms with E-state index in [1.807, 2.05) is 6.07 Å². The highest BCUT2D eigenvalue weighted by molar-refractivity contribution is 5.79. The van der Waals surface area contributed by atoms with Gasteiger partial charge in [-0.3, -0.25) is 4.99 Å². The Morgan fingerprint density at radius 2 is 2.16 bits per heavy atom. The molecule has 0 saturated carbocycles. The van der Waals surface area contributed by atoms with Crippen LogP contribution >= 0.6 is 0 Å². The van der Waals surface area contributed by atoms with Crippen molar-refractivity contribution >= 4 is 5.96 Å². The Bertz CT molecular complexity index is 406. The van der Waals surface area contributed by atoms with Crippen LogP contribution in [-0.4, -0.2) is 44.6 Å². The first-order valence-electron chi connectivity index (χ1n) is 6.53. The van der Waals surface area contributed by atoms with Gasteiger partial charge in [0, 0.05) is 26.7 Å². The summed E-state index contributed by atoms with van der Waals surface area (Å²) in [7, 11) is 3.80. The van der Waals surface area contributed by atoms with Crippen LogP contribution in [0.1, 0.15) is 12.5 Å². The average molecular weight is 266 g/mol. The van der Waals surface area contributed by atoms with Crippen molar-refractivity contribution in [2.45, 2.75) is 13.5 Å². The number of halogens is 1. The van der Waals surface area contributed by atoms with Gasteiger partial charge in [0.15, 0.2) is 5.96 Å². The van der Waals surface area contributed by atoms with Gasteiger partial charge in [0.25, 0.3) is 0 Å². The Kier molecular flexibility index (Phi) is 6.89. The van der Waals surface area contributed by atoms with Crippen LogP contribution in [0.2, 0.25) is 0 Å². The number of guanidine groups is 1. The molecule has 1 aromatic carbocycles. The first kappa shape index (κ1) is 15.4. The van der Waals surface area contributed by atoms with Gasteiger partial charge < -0.3 is 15.5 Å². The standard InChI is InChI=1S/C14H23FN4/c1-4-19(3)9-8-17-14(16-2)18-11-12-6-5-7-13(15)10-12/h5-7,10H,4,8-9,11H2,1-3H3,(H2,16,17,18). The van der Waals surface area contributed by atoms with Crippen LogP contribution in [0.15, 0.2) is 29.3 Å². The zero-order valence-corrected chi connectivity index (χ0v) is 11.9. The normalized spacial score (nSPS) is 11.7. The van der Waals surface area contributed by atoms with Crippen molar-refractivity contribution in [1.82, 2.24) is 15.5 Å². The molecule has 0 bridgehead atoms. The third-order valence-corrected chi connectivity index (χ3v) is 2.90. The van der Waals surface area contributed by atoms with Crippen LogP contribution in [0.4, 0.5) is 4.39 Å². The fourth-order valence-electron chi connectivity index (χ4n) is 1.58. The summed E-state index contributed by atoms with van der Waals surface area (Å²) in [6.07, 6.45) is 0. The highest BCUT2D eigenvalue weighted by atomic mass is 19.1. The topological polar surface area (TPSA) is 39.7 Å². The molecule has 0 saturated heterocycles. The van der Waals surface area contributed by atoms with Crippen LogP contribution in [0, 0.1) is 5.82 Å². The largest absolute Gasteiger partial charge is 0.355 e. The van der Waals surface area contributed by atoms with Gasteiger partial charge >= 0.3 is 0 Å². The zero-order chi connectivity index (χ0) is 14.1. The Balaban J connectivity index is 2.33. The monoisotopic (exact) mass is 266 g/mol. The van der Waals surface area contributed by atoms with Gasteiger partial charge in [-0.15, -0.1) is 0 Å². The molecule has 0 unspecified atom stereocenters. The summed E-state index contributed by atoms with van der Waals surface area (Å²) < 4.78 is 13.0. The fourth-order valence-corrected chi connectivity index (χ4v) is 1.58. The lowest BCUT2D eigenvalue weighted by atomic mass is 10.2. The lowest BCUT2D eigenvalue weighted by Crippen LogP contribution is -2.40. The van der Waals surface area contributed by atoms with Crippen LogP contribution in [0.5, 0.6) is 0 Å². The maximum absolute atomic E-state index is 13.0. The number of rotatable bonds is 6. The van der Waals surface area contributed by atoms with Crippen LogP contribution in [-0.2, 0) is 6.54 Å². The summed E-state index contributed by atoms with van der Waals surface area (Å²) in [5.41, 5.74) is 0.897. The van der Waals surface area contributed by atoms with Gasteiger partial charge in [0.2, 0.25) is 0 Å². The molecule has 0 aliphatic heterocycles. The second-order valence-corrected chi connectivity index (χ2v) is 4.38. The molecule has 0 aromatic heterocycles. The Labute approximate surface area is 114 Å². The number of nitrogens with one attached hydrogen (secondary N) is 2. The quantitative estimate of drug-likeness (QED) is 0.604. The second-order valence-electron chi connectivity index (χ2n) is 4.38. The first-order valence-corrected chi connectivity index (χ1v) is 6.53. The Morgan fingerprint density at radius 1 is 1.37 bits per heavy atom. The van der Waals surface area contributed by atoms with Crippen LogP contribution < -0.4 is 10.6 Å². The molecule has 1 rings (SSSR count). The van der Waals surface area contributed by atoms with E-state index in [0.29, 0.717) is 6.54 Å². The average Bonchev–Trinajstić information content (AvgIpc) is 2.42. The Hall–Kier alpha value is -1.62. The van der Waals surface area contributed by atoms with E-state index in [1.165, 1.54) is 12.1 Å². The van der Waals surface area contributed by atoms with Crippen molar-refractivity contribution in [2.24, 2.45) is 4.99 Å².